The second-order valence-corrected chi connectivity index (χ2v) is 6.65. The first-order chi connectivity index (χ1) is 11.3. The van der Waals surface area contributed by atoms with Crippen LogP contribution in [0.15, 0.2) is 53.8 Å². The number of hydrogen-bond acceptors (Lipinski definition) is 5. The number of aromatic nitrogens is 4. The highest BCUT2D eigenvalue weighted by Gasteiger charge is 2.22. The normalized spacial score (nSPS) is 14.7. The minimum absolute atomic E-state index is 0.721. The molecule has 0 N–H and O–H groups in total. The summed E-state index contributed by atoms with van der Waals surface area (Å²) in [5.41, 5.74) is 2.09. The summed E-state index contributed by atoms with van der Waals surface area (Å²) in [5.74, 6) is 1.75. The van der Waals surface area contributed by atoms with Crippen LogP contribution in [-0.2, 0) is 13.2 Å². The first-order valence-electron chi connectivity index (χ1n) is 7.24. The quantitative estimate of drug-likeness (QED) is 0.728. The Balaban J connectivity index is 1.59. The third-order valence-corrected chi connectivity index (χ3v) is 4.96. The molecule has 0 fully saturated rings. The minimum atomic E-state index is 0.721. The summed E-state index contributed by atoms with van der Waals surface area (Å²) < 4.78 is 2.14. The highest BCUT2D eigenvalue weighted by atomic mass is 35.5. The van der Waals surface area contributed by atoms with Crippen molar-refractivity contribution >= 4 is 23.4 Å². The van der Waals surface area contributed by atoms with E-state index in [0.717, 1.165) is 46.4 Å². The molecule has 0 radical (unpaired) electrons. The smallest absolute Gasteiger partial charge is 0.193 e. The molecule has 4 rings (SSSR count). The van der Waals surface area contributed by atoms with Crippen molar-refractivity contribution in [3.05, 3.63) is 59.4 Å². The number of hydrogen-bond donors (Lipinski definition) is 0. The van der Waals surface area contributed by atoms with E-state index in [0.29, 0.717) is 0 Å². The molecule has 0 saturated carbocycles. The van der Waals surface area contributed by atoms with Crippen LogP contribution < -0.4 is 0 Å². The largest absolute Gasteiger partial charge is 0.288 e. The van der Waals surface area contributed by atoms with Gasteiger partial charge >= 0.3 is 0 Å². The molecule has 0 unspecified atom stereocenters. The van der Waals surface area contributed by atoms with Crippen LogP contribution in [0.2, 0.25) is 5.02 Å². The third kappa shape index (κ3) is 3.10. The van der Waals surface area contributed by atoms with Crippen LogP contribution in [0.5, 0.6) is 0 Å². The molecule has 1 aliphatic rings. The number of halogens is 1. The highest BCUT2D eigenvalue weighted by molar-refractivity contribution is 7.99. The Morgan fingerprint density at radius 2 is 1.96 bits per heavy atom. The van der Waals surface area contributed by atoms with Gasteiger partial charge in [0.2, 0.25) is 0 Å². The van der Waals surface area contributed by atoms with Gasteiger partial charge in [-0.1, -0.05) is 29.4 Å². The maximum atomic E-state index is 5.97. The molecule has 1 aliphatic heterocycles. The SMILES string of the molecule is Clc1ccc(-c2nnc3n2CN(Cc2ccccn2)CS3)cc1. The van der Waals surface area contributed by atoms with Crippen LogP contribution in [0.3, 0.4) is 0 Å². The summed E-state index contributed by atoms with van der Waals surface area (Å²) in [6.45, 7) is 1.56. The van der Waals surface area contributed by atoms with E-state index in [1.165, 1.54) is 0 Å². The first-order valence-corrected chi connectivity index (χ1v) is 8.60. The van der Waals surface area contributed by atoms with Crippen LogP contribution in [0.25, 0.3) is 11.4 Å². The summed E-state index contributed by atoms with van der Waals surface area (Å²) in [5, 5.41) is 10.3. The number of pyridine rings is 1. The second kappa shape index (κ2) is 6.31. The number of thioether (sulfide) groups is 1. The Labute approximate surface area is 143 Å². The van der Waals surface area contributed by atoms with E-state index in [1.54, 1.807) is 11.8 Å². The molecule has 116 valence electrons. The van der Waals surface area contributed by atoms with Crippen molar-refractivity contribution in [3.63, 3.8) is 0 Å². The van der Waals surface area contributed by atoms with Crippen molar-refractivity contribution < 1.29 is 0 Å². The maximum Gasteiger partial charge on any atom is 0.193 e. The average molecular weight is 344 g/mol. The number of benzene rings is 1. The summed E-state index contributed by atoms with van der Waals surface area (Å²) in [7, 11) is 0. The highest BCUT2D eigenvalue weighted by Crippen LogP contribution is 2.29. The van der Waals surface area contributed by atoms with Gasteiger partial charge in [-0.25, -0.2) is 0 Å². The molecule has 7 heteroatoms. The van der Waals surface area contributed by atoms with Crippen LogP contribution in [-0.4, -0.2) is 30.5 Å². The third-order valence-electron chi connectivity index (χ3n) is 3.65. The van der Waals surface area contributed by atoms with Crippen LogP contribution >= 0.6 is 23.4 Å². The van der Waals surface area contributed by atoms with Crippen molar-refractivity contribution in [3.8, 4) is 11.4 Å². The van der Waals surface area contributed by atoms with Gasteiger partial charge in [-0.2, -0.15) is 0 Å². The molecule has 0 amide bonds. The van der Waals surface area contributed by atoms with Crippen molar-refractivity contribution in [1.82, 2.24) is 24.6 Å². The standard InChI is InChI=1S/C16H14ClN5S/c17-13-6-4-12(5-7-13)15-19-20-16-22(15)10-21(11-23-16)9-14-3-1-2-8-18-14/h1-8H,9-11H2. The average Bonchev–Trinajstić information content (AvgIpc) is 3.00. The monoisotopic (exact) mass is 343 g/mol. The van der Waals surface area contributed by atoms with Gasteiger partial charge < -0.3 is 0 Å². The molecule has 0 atom stereocenters. The van der Waals surface area contributed by atoms with Crippen molar-refractivity contribution in [2.45, 2.75) is 18.4 Å². The fourth-order valence-electron chi connectivity index (χ4n) is 2.54. The number of rotatable bonds is 3. The molecule has 0 spiro atoms. The Kier molecular flexibility index (Phi) is 4.03. The van der Waals surface area contributed by atoms with Gasteiger partial charge in [0, 0.05) is 23.3 Å². The van der Waals surface area contributed by atoms with Crippen LogP contribution in [0, 0.1) is 0 Å². The fourth-order valence-corrected chi connectivity index (χ4v) is 3.54. The lowest BCUT2D eigenvalue weighted by Gasteiger charge is -2.27. The van der Waals surface area contributed by atoms with E-state index < -0.39 is 0 Å². The Morgan fingerprint density at radius 1 is 1.09 bits per heavy atom. The lowest BCUT2D eigenvalue weighted by molar-refractivity contribution is 0.229. The van der Waals surface area contributed by atoms with Gasteiger partial charge in [0.15, 0.2) is 11.0 Å². The zero-order valence-corrected chi connectivity index (χ0v) is 13.8. The molecular formula is C16H14ClN5S. The molecule has 2 aromatic heterocycles. The maximum absolute atomic E-state index is 5.97. The van der Waals surface area contributed by atoms with E-state index in [2.05, 4.69) is 24.6 Å². The van der Waals surface area contributed by atoms with E-state index in [1.807, 2.05) is 48.7 Å². The minimum Gasteiger partial charge on any atom is -0.288 e. The molecule has 0 aliphatic carbocycles. The summed E-state index contributed by atoms with van der Waals surface area (Å²) in [6, 6.07) is 13.7. The van der Waals surface area contributed by atoms with Crippen LogP contribution in [0.4, 0.5) is 0 Å². The Morgan fingerprint density at radius 3 is 2.74 bits per heavy atom. The number of fused-ring (bicyclic) bond motifs is 1. The van der Waals surface area contributed by atoms with Crippen molar-refractivity contribution in [2.75, 3.05) is 5.88 Å². The van der Waals surface area contributed by atoms with Gasteiger partial charge in [-0.3, -0.25) is 14.5 Å². The predicted octanol–water partition coefficient (Wildman–Crippen LogP) is 3.52. The Hall–Kier alpha value is -1.89. The van der Waals surface area contributed by atoms with E-state index in [-0.39, 0.29) is 0 Å². The molecule has 5 nitrogen and oxygen atoms in total. The number of nitrogens with zero attached hydrogens (tertiary/aromatic N) is 5. The lowest BCUT2D eigenvalue weighted by Crippen LogP contribution is -2.30. The molecule has 0 bridgehead atoms. The summed E-state index contributed by atoms with van der Waals surface area (Å²) in [4.78, 5) is 6.72. The lowest BCUT2D eigenvalue weighted by atomic mass is 10.2. The zero-order valence-electron chi connectivity index (χ0n) is 12.3. The Bertz CT molecular complexity index is 803. The first kappa shape index (κ1) is 14.7. The van der Waals surface area contributed by atoms with Crippen molar-refractivity contribution in [2.24, 2.45) is 0 Å². The van der Waals surface area contributed by atoms with Crippen LogP contribution in [0.1, 0.15) is 5.69 Å². The van der Waals surface area contributed by atoms with E-state index in [4.69, 9.17) is 11.6 Å². The van der Waals surface area contributed by atoms with Gasteiger partial charge in [0.1, 0.15) is 0 Å². The molecule has 3 heterocycles. The molecule has 0 saturated heterocycles. The van der Waals surface area contributed by atoms with Gasteiger partial charge in [0.25, 0.3) is 0 Å². The summed E-state index contributed by atoms with van der Waals surface area (Å²) in [6.07, 6.45) is 1.83. The molecular weight excluding hydrogens is 330 g/mol. The topological polar surface area (TPSA) is 46.8 Å². The van der Waals surface area contributed by atoms with Gasteiger partial charge in [-0.15, -0.1) is 10.2 Å². The molecule has 3 aromatic rings. The molecule has 23 heavy (non-hydrogen) atoms. The van der Waals surface area contributed by atoms with E-state index >= 15 is 0 Å². The molecule has 1 aromatic carbocycles. The van der Waals surface area contributed by atoms with Crippen molar-refractivity contribution in [1.29, 1.82) is 0 Å². The zero-order chi connectivity index (χ0) is 15.6. The van der Waals surface area contributed by atoms with Gasteiger partial charge in [-0.05, 0) is 36.4 Å². The summed E-state index contributed by atoms with van der Waals surface area (Å²) >= 11 is 7.66. The van der Waals surface area contributed by atoms with Gasteiger partial charge in [0.05, 0.1) is 18.2 Å². The van der Waals surface area contributed by atoms with E-state index in [9.17, 15) is 0 Å². The second-order valence-electron chi connectivity index (χ2n) is 5.31. The predicted molar refractivity (Wildman–Crippen MR) is 91.0 cm³/mol. The fraction of sp³-hybridized carbons (Fsp3) is 0.188.